The van der Waals surface area contributed by atoms with Gasteiger partial charge < -0.3 is 18.0 Å². The Morgan fingerprint density at radius 3 is 1.63 bits per heavy atom. The van der Waals surface area contributed by atoms with Crippen molar-refractivity contribution in [2.45, 2.75) is 130 Å². The second-order valence-electron chi connectivity index (χ2n) is 9.57. The predicted octanol–water partition coefficient (Wildman–Crippen LogP) is 9.14. The summed E-state index contributed by atoms with van der Waals surface area (Å²) >= 11 is 0. The highest BCUT2D eigenvalue weighted by molar-refractivity contribution is 6.60. The molecule has 0 fully saturated rings. The average Bonchev–Trinajstić information content (AvgIpc) is 2.85. The maximum Gasteiger partial charge on any atom is 0.501 e. The maximum atomic E-state index is 6.05. The first-order valence-corrected chi connectivity index (χ1v) is 16.8. The van der Waals surface area contributed by atoms with Gasteiger partial charge in [-0.25, -0.2) is 0 Å². The fourth-order valence-electron chi connectivity index (χ4n) is 4.62. The molecule has 0 aliphatic rings. The van der Waals surface area contributed by atoms with Crippen LogP contribution in [-0.2, 0) is 19.7 Å². The molecule has 0 aliphatic carbocycles. The van der Waals surface area contributed by atoms with E-state index in [1.165, 1.54) is 89.0 Å². The van der Waals surface area contributed by atoms with Crippen LogP contribution in [-0.4, -0.2) is 35.2 Å². The van der Waals surface area contributed by atoms with Gasteiger partial charge in [0.2, 0.25) is 0 Å². The molecule has 4 nitrogen and oxygen atoms in total. The van der Waals surface area contributed by atoms with Crippen molar-refractivity contribution in [1.82, 2.24) is 0 Å². The van der Waals surface area contributed by atoms with Gasteiger partial charge in [0.25, 0.3) is 0 Å². The van der Waals surface area contributed by atoms with Crippen molar-refractivity contribution in [3.63, 3.8) is 0 Å². The first-order chi connectivity index (χ1) is 17.2. The Labute approximate surface area is 218 Å². The van der Waals surface area contributed by atoms with Crippen LogP contribution < -0.4 is 4.74 Å². The number of ether oxygens (including phenoxy) is 1. The van der Waals surface area contributed by atoms with Crippen molar-refractivity contribution in [3.05, 3.63) is 29.8 Å². The molecule has 0 atom stereocenters. The smallest absolute Gasteiger partial charge is 0.494 e. The zero-order valence-electron chi connectivity index (χ0n) is 23.6. The lowest BCUT2D eigenvalue weighted by Gasteiger charge is -2.28. The van der Waals surface area contributed by atoms with Gasteiger partial charge in [-0.1, -0.05) is 96.1 Å². The maximum absolute atomic E-state index is 6.05. The Kier molecular flexibility index (Phi) is 20.5. The largest absolute Gasteiger partial charge is 0.501 e. The van der Waals surface area contributed by atoms with Gasteiger partial charge in [0.15, 0.2) is 0 Å². The Morgan fingerprint density at radius 2 is 1.11 bits per heavy atom. The normalized spacial score (nSPS) is 11.8. The molecule has 0 spiro atoms. The van der Waals surface area contributed by atoms with Crippen LogP contribution in [0, 0.1) is 0 Å². The molecule has 0 saturated heterocycles. The fourth-order valence-corrected chi connectivity index (χ4v) is 7.20. The van der Waals surface area contributed by atoms with Gasteiger partial charge in [-0.15, -0.1) is 0 Å². The fraction of sp³-hybridized carbons (Fsp3) is 0.800. The predicted molar refractivity (Wildman–Crippen MR) is 151 cm³/mol. The Morgan fingerprint density at radius 1 is 0.600 bits per heavy atom. The second-order valence-corrected chi connectivity index (χ2v) is 12.3. The third-order valence-corrected chi connectivity index (χ3v) is 9.61. The molecular weight excluding hydrogens is 452 g/mol. The van der Waals surface area contributed by atoms with Crippen LogP contribution in [0.25, 0.3) is 0 Å². The first-order valence-electron chi connectivity index (χ1n) is 14.8. The van der Waals surface area contributed by atoms with E-state index in [1.54, 1.807) is 0 Å². The standard InChI is InChI=1S/C30H56O4Si/c1-5-9-10-11-12-13-14-15-16-17-18-19-20-23-29-24-21-25-30(28-29)31-26-22-27-35(32-6-2,33-7-3)34-8-4/h21,24-25,28H,5-20,22-23,26-27H2,1-4H3. The van der Waals surface area contributed by atoms with E-state index in [0.717, 1.165) is 24.6 Å². The van der Waals surface area contributed by atoms with Crippen LogP contribution in [0.4, 0.5) is 0 Å². The van der Waals surface area contributed by atoms with Crippen molar-refractivity contribution in [2.24, 2.45) is 0 Å². The first kappa shape index (κ1) is 32.1. The van der Waals surface area contributed by atoms with Gasteiger partial charge in [0, 0.05) is 25.9 Å². The number of benzene rings is 1. The number of hydrogen-bond acceptors (Lipinski definition) is 4. The lowest BCUT2D eigenvalue weighted by molar-refractivity contribution is 0.0696. The van der Waals surface area contributed by atoms with Crippen molar-refractivity contribution in [2.75, 3.05) is 26.4 Å². The van der Waals surface area contributed by atoms with Gasteiger partial charge in [-0.05, 0) is 57.7 Å². The minimum Gasteiger partial charge on any atom is -0.494 e. The van der Waals surface area contributed by atoms with Crippen LogP contribution >= 0.6 is 0 Å². The minimum absolute atomic E-state index is 0.619. The summed E-state index contributed by atoms with van der Waals surface area (Å²) in [4.78, 5) is 0. The van der Waals surface area contributed by atoms with E-state index in [0.29, 0.717) is 26.4 Å². The highest BCUT2D eigenvalue weighted by Crippen LogP contribution is 2.20. The molecule has 0 aliphatic heterocycles. The Bertz CT molecular complexity index is 578. The molecule has 0 unspecified atom stereocenters. The summed E-state index contributed by atoms with van der Waals surface area (Å²) in [6.07, 6.45) is 20.2. The molecule has 0 N–H and O–H groups in total. The lowest BCUT2D eigenvalue weighted by atomic mass is 10.0. The Hall–Kier alpha value is -0.883. The summed E-state index contributed by atoms with van der Waals surface area (Å²) in [7, 11) is -2.57. The third kappa shape index (κ3) is 16.5. The lowest BCUT2D eigenvalue weighted by Crippen LogP contribution is -2.46. The molecule has 1 aromatic rings. The summed E-state index contributed by atoms with van der Waals surface area (Å²) < 4.78 is 23.9. The monoisotopic (exact) mass is 508 g/mol. The topological polar surface area (TPSA) is 36.9 Å². The van der Waals surface area contributed by atoms with E-state index in [1.807, 2.05) is 20.8 Å². The number of hydrogen-bond donors (Lipinski definition) is 0. The van der Waals surface area contributed by atoms with E-state index in [-0.39, 0.29) is 0 Å². The molecule has 0 saturated carbocycles. The second kappa shape index (κ2) is 22.3. The van der Waals surface area contributed by atoms with Crippen molar-refractivity contribution in [3.8, 4) is 5.75 Å². The third-order valence-electron chi connectivity index (χ3n) is 6.46. The van der Waals surface area contributed by atoms with Crippen LogP contribution in [0.15, 0.2) is 24.3 Å². The van der Waals surface area contributed by atoms with Crippen LogP contribution in [0.1, 0.15) is 123 Å². The van der Waals surface area contributed by atoms with Crippen LogP contribution in [0.5, 0.6) is 5.75 Å². The minimum atomic E-state index is -2.57. The SMILES string of the molecule is CCCCCCCCCCCCCCCc1cccc(OCCC[Si](OCC)(OCC)OCC)c1. The van der Waals surface area contributed by atoms with Crippen molar-refractivity contribution < 1.29 is 18.0 Å². The van der Waals surface area contributed by atoms with Gasteiger partial charge in [0.1, 0.15) is 5.75 Å². The highest BCUT2D eigenvalue weighted by Gasteiger charge is 2.39. The number of rotatable bonds is 25. The summed E-state index contributed by atoms with van der Waals surface area (Å²) in [6.45, 7) is 10.8. The highest BCUT2D eigenvalue weighted by atomic mass is 28.4. The van der Waals surface area contributed by atoms with Crippen LogP contribution in [0.2, 0.25) is 6.04 Å². The van der Waals surface area contributed by atoms with E-state index < -0.39 is 8.80 Å². The molecular formula is C30H56O4Si. The number of unbranched alkanes of at least 4 members (excludes halogenated alkanes) is 12. The van der Waals surface area contributed by atoms with Gasteiger partial charge in [-0.3, -0.25) is 0 Å². The van der Waals surface area contributed by atoms with E-state index in [2.05, 4.69) is 31.2 Å². The molecule has 0 heterocycles. The molecule has 1 rings (SSSR count). The van der Waals surface area contributed by atoms with Gasteiger partial charge >= 0.3 is 8.80 Å². The molecule has 5 heteroatoms. The Balaban J connectivity index is 2.15. The van der Waals surface area contributed by atoms with Crippen molar-refractivity contribution >= 4 is 8.80 Å². The molecule has 1 aromatic carbocycles. The van der Waals surface area contributed by atoms with Gasteiger partial charge in [-0.2, -0.15) is 0 Å². The van der Waals surface area contributed by atoms with Gasteiger partial charge in [0.05, 0.1) is 6.61 Å². The average molecular weight is 509 g/mol. The molecule has 0 bridgehead atoms. The summed E-state index contributed by atoms with van der Waals surface area (Å²) in [5.74, 6) is 0.966. The number of aryl methyl sites for hydroxylation is 1. The van der Waals surface area contributed by atoms with Crippen LogP contribution in [0.3, 0.4) is 0 Å². The molecule has 0 amide bonds. The van der Waals surface area contributed by atoms with E-state index in [4.69, 9.17) is 18.0 Å². The summed E-state index contributed by atoms with van der Waals surface area (Å²) in [5, 5.41) is 0. The quantitative estimate of drug-likeness (QED) is 0.0974. The van der Waals surface area contributed by atoms with Crippen molar-refractivity contribution in [1.29, 1.82) is 0 Å². The van der Waals surface area contributed by atoms with E-state index in [9.17, 15) is 0 Å². The van der Waals surface area contributed by atoms with E-state index >= 15 is 0 Å². The zero-order chi connectivity index (χ0) is 25.5. The molecule has 0 aromatic heterocycles. The molecule has 0 radical (unpaired) electrons. The summed E-state index contributed by atoms with van der Waals surface area (Å²) in [5.41, 5.74) is 1.38. The molecule has 204 valence electrons. The summed E-state index contributed by atoms with van der Waals surface area (Å²) in [6, 6.07) is 9.41. The zero-order valence-corrected chi connectivity index (χ0v) is 24.6. The molecule has 35 heavy (non-hydrogen) atoms.